The fourth-order valence-corrected chi connectivity index (χ4v) is 5.10. The summed E-state index contributed by atoms with van der Waals surface area (Å²) in [5, 5.41) is 3.67. The number of hydrogen-bond acceptors (Lipinski definition) is 1. The molecule has 2 unspecified atom stereocenters. The molecular formula is C16H21N. The highest BCUT2D eigenvalue weighted by Gasteiger charge is 2.58. The van der Waals surface area contributed by atoms with Crippen molar-refractivity contribution in [2.75, 3.05) is 13.1 Å². The molecule has 1 saturated heterocycles. The second kappa shape index (κ2) is 3.35. The zero-order valence-electron chi connectivity index (χ0n) is 10.5. The number of rotatable bonds is 0. The molecule has 2 fully saturated rings. The molecule has 2 aliphatic carbocycles. The molecule has 1 aromatic rings. The predicted molar refractivity (Wildman–Crippen MR) is 70.2 cm³/mol. The molecule has 1 nitrogen and oxygen atoms in total. The SMILES string of the molecule is c1ccc2c(c1)CCC13CCCC21CCNC3. The molecule has 1 heteroatoms. The van der Waals surface area contributed by atoms with Crippen LogP contribution < -0.4 is 5.32 Å². The molecule has 90 valence electrons. The summed E-state index contributed by atoms with van der Waals surface area (Å²) in [5.74, 6) is 0. The van der Waals surface area contributed by atoms with E-state index in [1.807, 2.05) is 0 Å². The third-order valence-corrected chi connectivity index (χ3v) is 5.87. The Morgan fingerprint density at radius 2 is 1.94 bits per heavy atom. The Kier molecular flexibility index (Phi) is 2.00. The van der Waals surface area contributed by atoms with Gasteiger partial charge in [0.1, 0.15) is 0 Å². The van der Waals surface area contributed by atoms with Crippen molar-refractivity contribution in [3.8, 4) is 0 Å². The second-order valence-electron chi connectivity index (χ2n) is 6.30. The van der Waals surface area contributed by atoms with Crippen LogP contribution in [0.5, 0.6) is 0 Å². The first-order valence-corrected chi connectivity index (χ1v) is 7.16. The van der Waals surface area contributed by atoms with Gasteiger partial charge in [-0.15, -0.1) is 0 Å². The van der Waals surface area contributed by atoms with Crippen LogP contribution in [0.4, 0.5) is 0 Å². The molecule has 0 spiro atoms. The average molecular weight is 227 g/mol. The van der Waals surface area contributed by atoms with Gasteiger partial charge in [0.15, 0.2) is 0 Å². The van der Waals surface area contributed by atoms with Gasteiger partial charge in [0, 0.05) is 12.0 Å². The van der Waals surface area contributed by atoms with Crippen molar-refractivity contribution >= 4 is 0 Å². The quantitative estimate of drug-likeness (QED) is 0.718. The molecule has 2 atom stereocenters. The Labute approximate surface area is 104 Å². The van der Waals surface area contributed by atoms with Crippen LogP contribution in [0.2, 0.25) is 0 Å². The lowest BCUT2D eigenvalue weighted by atomic mass is 9.53. The van der Waals surface area contributed by atoms with E-state index in [2.05, 4.69) is 29.6 Å². The molecule has 1 N–H and O–H groups in total. The molecule has 1 saturated carbocycles. The van der Waals surface area contributed by atoms with Crippen LogP contribution in [0.25, 0.3) is 0 Å². The molecule has 0 amide bonds. The maximum absolute atomic E-state index is 3.67. The third kappa shape index (κ3) is 1.14. The molecule has 0 radical (unpaired) electrons. The van der Waals surface area contributed by atoms with Gasteiger partial charge in [-0.25, -0.2) is 0 Å². The van der Waals surface area contributed by atoms with Gasteiger partial charge in [0.05, 0.1) is 0 Å². The first-order valence-electron chi connectivity index (χ1n) is 7.16. The van der Waals surface area contributed by atoms with Gasteiger partial charge in [0.2, 0.25) is 0 Å². The maximum Gasteiger partial charge on any atom is 0.00364 e. The van der Waals surface area contributed by atoms with Crippen LogP contribution >= 0.6 is 0 Å². The lowest BCUT2D eigenvalue weighted by Crippen LogP contribution is -2.56. The Bertz CT molecular complexity index is 453. The molecule has 0 aromatic heterocycles. The fraction of sp³-hybridized carbons (Fsp3) is 0.625. The lowest BCUT2D eigenvalue weighted by Gasteiger charge is -2.54. The summed E-state index contributed by atoms with van der Waals surface area (Å²) in [6.45, 7) is 2.48. The summed E-state index contributed by atoms with van der Waals surface area (Å²) in [6, 6.07) is 9.27. The van der Waals surface area contributed by atoms with E-state index in [-0.39, 0.29) is 0 Å². The largest absolute Gasteiger partial charge is 0.316 e. The van der Waals surface area contributed by atoms with Crippen LogP contribution in [-0.2, 0) is 11.8 Å². The highest BCUT2D eigenvalue weighted by Crippen LogP contribution is 2.62. The van der Waals surface area contributed by atoms with E-state index >= 15 is 0 Å². The molecule has 0 bridgehead atoms. The Morgan fingerprint density at radius 3 is 2.94 bits per heavy atom. The van der Waals surface area contributed by atoms with Crippen molar-refractivity contribution in [2.24, 2.45) is 5.41 Å². The minimum atomic E-state index is 0.535. The van der Waals surface area contributed by atoms with Gasteiger partial charge in [-0.2, -0.15) is 0 Å². The van der Waals surface area contributed by atoms with Gasteiger partial charge < -0.3 is 5.32 Å². The number of nitrogens with one attached hydrogen (secondary N) is 1. The predicted octanol–water partition coefficient (Wildman–Crippen LogP) is 3.03. The van der Waals surface area contributed by atoms with Crippen molar-refractivity contribution in [2.45, 2.75) is 43.9 Å². The summed E-state index contributed by atoms with van der Waals surface area (Å²) >= 11 is 0. The molecular weight excluding hydrogens is 206 g/mol. The van der Waals surface area contributed by atoms with E-state index < -0.39 is 0 Å². The maximum atomic E-state index is 3.67. The minimum Gasteiger partial charge on any atom is -0.316 e. The molecule has 17 heavy (non-hydrogen) atoms. The Balaban J connectivity index is 1.94. The molecule has 1 heterocycles. The van der Waals surface area contributed by atoms with Crippen LogP contribution in [-0.4, -0.2) is 13.1 Å². The number of fused-ring (bicyclic) bond motifs is 1. The monoisotopic (exact) mass is 227 g/mol. The third-order valence-electron chi connectivity index (χ3n) is 5.87. The number of hydrogen-bond donors (Lipinski definition) is 1. The summed E-state index contributed by atoms with van der Waals surface area (Å²) in [5.41, 5.74) is 4.49. The average Bonchev–Trinajstić information content (AvgIpc) is 2.79. The lowest BCUT2D eigenvalue weighted by molar-refractivity contribution is 0.0820. The van der Waals surface area contributed by atoms with E-state index in [1.54, 1.807) is 11.1 Å². The fourth-order valence-electron chi connectivity index (χ4n) is 5.10. The molecule has 4 rings (SSSR count). The zero-order chi connectivity index (χ0) is 11.3. The van der Waals surface area contributed by atoms with Gasteiger partial charge in [0.25, 0.3) is 0 Å². The van der Waals surface area contributed by atoms with E-state index in [1.165, 1.54) is 51.6 Å². The summed E-state index contributed by atoms with van der Waals surface area (Å²) in [7, 11) is 0. The van der Waals surface area contributed by atoms with Crippen molar-refractivity contribution < 1.29 is 0 Å². The minimum absolute atomic E-state index is 0.535. The zero-order valence-corrected chi connectivity index (χ0v) is 10.5. The van der Waals surface area contributed by atoms with Crippen molar-refractivity contribution in [1.82, 2.24) is 5.32 Å². The molecule has 1 aromatic carbocycles. The van der Waals surface area contributed by atoms with Crippen LogP contribution in [0.15, 0.2) is 24.3 Å². The Hall–Kier alpha value is -0.820. The van der Waals surface area contributed by atoms with Crippen LogP contribution in [0, 0.1) is 5.41 Å². The normalized spacial score (nSPS) is 39.3. The van der Waals surface area contributed by atoms with Gasteiger partial charge in [-0.05, 0) is 55.2 Å². The highest BCUT2D eigenvalue weighted by molar-refractivity contribution is 5.42. The first kappa shape index (κ1) is 10.1. The van der Waals surface area contributed by atoms with E-state index in [9.17, 15) is 0 Å². The van der Waals surface area contributed by atoms with Gasteiger partial charge in [-0.3, -0.25) is 0 Å². The van der Waals surface area contributed by atoms with Gasteiger partial charge >= 0.3 is 0 Å². The standard InChI is InChI=1S/C16H21N/c1-2-5-14-13(4-1)6-9-15-7-3-8-16(14,15)10-11-17-12-15/h1-2,4-5,17H,3,6-12H2. The summed E-state index contributed by atoms with van der Waals surface area (Å²) < 4.78 is 0. The number of benzene rings is 1. The first-order chi connectivity index (χ1) is 8.36. The van der Waals surface area contributed by atoms with Crippen molar-refractivity contribution in [3.05, 3.63) is 35.4 Å². The van der Waals surface area contributed by atoms with Crippen molar-refractivity contribution in [1.29, 1.82) is 0 Å². The molecule has 3 aliphatic rings. The second-order valence-corrected chi connectivity index (χ2v) is 6.30. The van der Waals surface area contributed by atoms with E-state index in [0.717, 1.165) is 0 Å². The summed E-state index contributed by atoms with van der Waals surface area (Å²) in [4.78, 5) is 0. The number of piperidine rings is 1. The number of aryl methyl sites for hydroxylation is 1. The smallest absolute Gasteiger partial charge is 0.00364 e. The summed E-state index contributed by atoms with van der Waals surface area (Å²) in [6.07, 6.45) is 8.41. The van der Waals surface area contributed by atoms with E-state index in [0.29, 0.717) is 10.8 Å². The highest BCUT2D eigenvalue weighted by atomic mass is 14.9. The van der Waals surface area contributed by atoms with Gasteiger partial charge in [-0.1, -0.05) is 30.7 Å². The topological polar surface area (TPSA) is 12.0 Å². The van der Waals surface area contributed by atoms with E-state index in [4.69, 9.17) is 0 Å². The van der Waals surface area contributed by atoms with Crippen LogP contribution in [0.1, 0.15) is 43.2 Å². The van der Waals surface area contributed by atoms with Crippen molar-refractivity contribution in [3.63, 3.8) is 0 Å². The Morgan fingerprint density at radius 1 is 1.00 bits per heavy atom. The van der Waals surface area contributed by atoms with Crippen LogP contribution in [0.3, 0.4) is 0 Å². The molecule has 1 aliphatic heterocycles.